The Balaban J connectivity index is 1.48. The summed E-state index contributed by atoms with van der Waals surface area (Å²) in [4.78, 5) is 12.1. The summed E-state index contributed by atoms with van der Waals surface area (Å²) >= 11 is 7.04. The molecule has 0 bridgehead atoms. The zero-order valence-electron chi connectivity index (χ0n) is 14.6. The average Bonchev–Trinajstić information content (AvgIpc) is 3.12. The van der Waals surface area contributed by atoms with Gasteiger partial charge in [0.1, 0.15) is 0 Å². The number of hydrogen-bond donors (Lipinski definition) is 1. The first-order chi connectivity index (χ1) is 14.0. The quantitative estimate of drug-likeness (QED) is 0.472. The molecule has 0 saturated carbocycles. The molecule has 146 valence electrons. The zero-order chi connectivity index (χ0) is 20.4. The monoisotopic (exact) mass is 431 g/mol. The van der Waals surface area contributed by atoms with Crippen LogP contribution < -0.4 is 5.32 Å². The van der Waals surface area contributed by atoms with Crippen LogP contribution in [0.25, 0.3) is 16.9 Å². The molecule has 0 unspecified atom stereocenters. The summed E-state index contributed by atoms with van der Waals surface area (Å²) in [6.07, 6.45) is 0. The number of nitrogens with zero attached hydrogens (tertiary/aromatic N) is 4. The summed E-state index contributed by atoms with van der Waals surface area (Å²) in [7, 11) is 0. The minimum Gasteiger partial charge on any atom is -0.325 e. The van der Waals surface area contributed by atoms with E-state index in [4.69, 9.17) is 11.6 Å². The summed E-state index contributed by atoms with van der Waals surface area (Å²) in [5.74, 6) is -2.41. The van der Waals surface area contributed by atoms with Gasteiger partial charge < -0.3 is 5.32 Å². The molecule has 0 saturated heterocycles. The highest BCUT2D eigenvalue weighted by atomic mass is 35.5. The largest absolute Gasteiger partial charge is 0.325 e. The van der Waals surface area contributed by atoms with E-state index in [1.54, 1.807) is 22.7 Å². The summed E-state index contributed by atoms with van der Waals surface area (Å²) in [6, 6.07) is 14.0. The number of benzene rings is 2. The van der Waals surface area contributed by atoms with E-state index in [9.17, 15) is 13.6 Å². The first kappa shape index (κ1) is 19.3. The second-order valence-electron chi connectivity index (χ2n) is 5.94. The van der Waals surface area contributed by atoms with Gasteiger partial charge in [-0.15, -0.1) is 10.2 Å². The second kappa shape index (κ2) is 8.14. The van der Waals surface area contributed by atoms with Crippen LogP contribution in [0.5, 0.6) is 0 Å². The van der Waals surface area contributed by atoms with Crippen LogP contribution in [0.1, 0.15) is 0 Å². The molecule has 0 spiro atoms. The van der Waals surface area contributed by atoms with Crippen LogP contribution in [0, 0.1) is 11.6 Å². The molecule has 2 heterocycles. The Morgan fingerprint density at radius 3 is 2.59 bits per heavy atom. The van der Waals surface area contributed by atoms with Crippen LogP contribution in [0.4, 0.5) is 14.5 Å². The molecule has 0 aliphatic heterocycles. The maximum absolute atomic E-state index is 13.2. The van der Waals surface area contributed by atoms with Gasteiger partial charge in [0.05, 0.1) is 11.4 Å². The minimum atomic E-state index is -1.03. The van der Waals surface area contributed by atoms with E-state index in [1.165, 1.54) is 6.07 Å². The predicted molar refractivity (Wildman–Crippen MR) is 107 cm³/mol. The maximum Gasteiger partial charge on any atom is 0.234 e. The van der Waals surface area contributed by atoms with Gasteiger partial charge in [0.2, 0.25) is 11.1 Å². The number of amides is 1. The molecule has 29 heavy (non-hydrogen) atoms. The Bertz CT molecular complexity index is 1200. The third-order valence-electron chi connectivity index (χ3n) is 3.91. The molecule has 4 aromatic rings. The SMILES string of the molecule is O=C(CSc1nnc2ccc(-c3ccc(Cl)cc3)nn12)Nc1ccc(F)c(F)c1. The highest BCUT2D eigenvalue weighted by Crippen LogP contribution is 2.22. The molecule has 1 amide bonds. The molecular formula is C19H12ClF2N5OS. The number of carbonyl (C=O) groups excluding carboxylic acids is 1. The van der Waals surface area contributed by atoms with E-state index in [-0.39, 0.29) is 11.4 Å². The molecule has 0 aliphatic carbocycles. The number of halogens is 3. The van der Waals surface area contributed by atoms with Gasteiger partial charge in [-0.1, -0.05) is 35.5 Å². The van der Waals surface area contributed by atoms with Crippen molar-refractivity contribution in [3.8, 4) is 11.3 Å². The highest BCUT2D eigenvalue weighted by molar-refractivity contribution is 7.99. The van der Waals surface area contributed by atoms with E-state index < -0.39 is 17.5 Å². The van der Waals surface area contributed by atoms with Crippen molar-refractivity contribution in [3.63, 3.8) is 0 Å². The molecular weight excluding hydrogens is 420 g/mol. The number of fused-ring (bicyclic) bond motifs is 1. The molecule has 2 aromatic carbocycles. The Morgan fingerprint density at radius 2 is 1.83 bits per heavy atom. The van der Waals surface area contributed by atoms with Crippen LogP contribution in [0.3, 0.4) is 0 Å². The molecule has 2 aromatic heterocycles. The van der Waals surface area contributed by atoms with E-state index in [0.29, 0.717) is 21.5 Å². The molecule has 6 nitrogen and oxygen atoms in total. The molecule has 0 fully saturated rings. The number of thioether (sulfide) groups is 1. The minimum absolute atomic E-state index is 0.00730. The summed E-state index contributed by atoms with van der Waals surface area (Å²) in [5, 5.41) is 16.2. The maximum atomic E-state index is 13.2. The van der Waals surface area contributed by atoms with Gasteiger partial charge >= 0.3 is 0 Å². The zero-order valence-corrected chi connectivity index (χ0v) is 16.2. The van der Waals surface area contributed by atoms with Crippen LogP contribution in [0.15, 0.2) is 59.8 Å². The fourth-order valence-electron chi connectivity index (χ4n) is 2.53. The van der Waals surface area contributed by atoms with Crippen LogP contribution in [-0.4, -0.2) is 31.5 Å². The van der Waals surface area contributed by atoms with E-state index in [1.807, 2.05) is 18.2 Å². The van der Waals surface area contributed by atoms with Gasteiger partial charge in [-0.3, -0.25) is 4.79 Å². The second-order valence-corrected chi connectivity index (χ2v) is 7.32. The van der Waals surface area contributed by atoms with Crippen molar-refractivity contribution in [1.29, 1.82) is 0 Å². The standard InChI is InChI=1S/C19H12ClF2N5OS/c20-12-3-1-11(2-4-12)16-7-8-17-24-25-19(27(17)26-16)29-10-18(28)23-13-5-6-14(21)15(22)9-13/h1-9H,10H2,(H,23,28). The van der Waals surface area contributed by atoms with Crippen molar-refractivity contribution in [2.75, 3.05) is 11.1 Å². The Kier molecular flexibility index (Phi) is 5.41. The third kappa shape index (κ3) is 4.36. The van der Waals surface area contributed by atoms with Crippen LogP contribution in [-0.2, 0) is 4.79 Å². The lowest BCUT2D eigenvalue weighted by Crippen LogP contribution is -2.14. The first-order valence-electron chi connectivity index (χ1n) is 8.36. The van der Waals surface area contributed by atoms with Gasteiger partial charge in [-0.25, -0.2) is 8.78 Å². The summed E-state index contributed by atoms with van der Waals surface area (Å²) in [6.45, 7) is 0. The van der Waals surface area contributed by atoms with Gasteiger partial charge in [0.25, 0.3) is 0 Å². The van der Waals surface area contributed by atoms with E-state index in [2.05, 4.69) is 20.6 Å². The Labute approximate surface area is 172 Å². The lowest BCUT2D eigenvalue weighted by molar-refractivity contribution is -0.113. The van der Waals surface area contributed by atoms with Crippen molar-refractivity contribution in [3.05, 3.63) is 71.3 Å². The Hall–Kier alpha value is -3.04. The molecule has 0 aliphatic rings. The van der Waals surface area contributed by atoms with Crippen molar-refractivity contribution in [1.82, 2.24) is 19.8 Å². The number of aromatic nitrogens is 4. The average molecular weight is 432 g/mol. The van der Waals surface area contributed by atoms with Crippen molar-refractivity contribution >= 4 is 40.6 Å². The normalized spacial score (nSPS) is 11.0. The fraction of sp³-hybridized carbons (Fsp3) is 0.0526. The number of nitrogens with one attached hydrogen (secondary N) is 1. The van der Waals surface area contributed by atoms with Gasteiger partial charge in [-0.05, 0) is 36.4 Å². The van der Waals surface area contributed by atoms with Gasteiger partial charge in [0, 0.05) is 22.3 Å². The molecule has 0 radical (unpaired) electrons. The third-order valence-corrected chi connectivity index (χ3v) is 5.08. The van der Waals surface area contributed by atoms with Crippen LogP contribution in [0.2, 0.25) is 5.02 Å². The van der Waals surface area contributed by atoms with Crippen molar-refractivity contribution < 1.29 is 13.6 Å². The molecule has 10 heteroatoms. The Morgan fingerprint density at radius 1 is 1.03 bits per heavy atom. The predicted octanol–water partition coefficient (Wildman–Crippen LogP) is 4.45. The van der Waals surface area contributed by atoms with E-state index >= 15 is 0 Å². The van der Waals surface area contributed by atoms with Crippen molar-refractivity contribution in [2.24, 2.45) is 0 Å². The van der Waals surface area contributed by atoms with Gasteiger partial charge in [-0.2, -0.15) is 9.61 Å². The lowest BCUT2D eigenvalue weighted by Gasteiger charge is -2.05. The lowest BCUT2D eigenvalue weighted by atomic mass is 10.1. The molecule has 4 rings (SSSR count). The van der Waals surface area contributed by atoms with E-state index in [0.717, 1.165) is 29.5 Å². The smallest absolute Gasteiger partial charge is 0.234 e. The molecule has 0 atom stereocenters. The highest BCUT2D eigenvalue weighted by Gasteiger charge is 2.12. The number of carbonyl (C=O) groups is 1. The number of anilines is 1. The topological polar surface area (TPSA) is 72.2 Å². The summed E-state index contributed by atoms with van der Waals surface area (Å²) in [5.41, 5.74) is 2.27. The number of hydrogen-bond acceptors (Lipinski definition) is 5. The number of rotatable bonds is 5. The fourth-order valence-corrected chi connectivity index (χ4v) is 3.35. The van der Waals surface area contributed by atoms with Crippen LogP contribution >= 0.6 is 23.4 Å². The van der Waals surface area contributed by atoms with Crippen molar-refractivity contribution in [2.45, 2.75) is 5.16 Å². The van der Waals surface area contributed by atoms with Gasteiger partial charge in [0.15, 0.2) is 17.3 Å². The summed E-state index contributed by atoms with van der Waals surface area (Å²) < 4.78 is 27.8. The molecule has 1 N–H and O–H groups in total. The first-order valence-corrected chi connectivity index (χ1v) is 9.72.